The number of anilines is 1. The molecule has 3 aromatic rings. The largest absolute Gasteiger partial charge is 0.322 e. The molecule has 7 heteroatoms. The molecule has 0 aliphatic rings. The normalized spacial score (nSPS) is 10.3. The van der Waals surface area contributed by atoms with Crippen molar-refractivity contribution in [1.82, 2.24) is 0 Å². The van der Waals surface area contributed by atoms with Gasteiger partial charge in [-0.1, -0.05) is 48.0 Å². The van der Waals surface area contributed by atoms with Crippen LogP contribution in [0.25, 0.3) is 0 Å². The molecule has 0 atom stereocenters. The number of carbonyl (C=O) groups excluding carboxylic acids is 2. The summed E-state index contributed by atoms with van der Waals surface area (Å²) in [6.45, 7) is 0. The topological polar surface area (TPSA) is 89.3 Å². The second-order valence-corrected chi connectivity index (χ2v) is 6.03. The van der Waals surface area contributed by atoms with E-state index in [0.29, 0.717) is 5.69 Å². The number of nitro benzene ring substituents is 1. The van der Waals surface area contributed by atoms with E-state index in [1.165, 1.54) is 24.3 Å². The Kier molecular flexibility index (Phi) is 5.28. The summed E-state index contributed by atoms with van der Waals surface area (Å²) in [5.74, 6) is -0.956. The first-order valence-corrected chi connectivity index (χ1v) is 8.29. The number of benzene rings is 3. The Labute approximate surface area is 159 Å². The van der Waals surface area contributed by atoms with E-state index >= 15 is 0 Å². The standard InChI is InChI=1S/C20H13ClN2O4/c21-17-11-10-13(12-18(17)23(26)27)19(24)15-8-4-5-9-16(15)20(25)22-14-6-2-1-3-7-14/h1-12H,(H,22,25). The zero-order valence-corrected chi connectivity index (χ0v) is 14.6. The molecule has 0 aromatic heterocycles. The molecule has 134 valence electrons. The molecule has 0 unspecified atom stereocenters. The number of para-hydroxylation sites is 1. The third kappa shape index (κ3) is 4.02. The lowest BCUT2D eigenvalue weighted by Gasteiger charge is -2.10. The highest BCUT2D eigenvalue weighted by Gasteiger charge is 2.21. The molecule has 0 saturated carbocycles. The van der Waals surface area contributed by atoms with Gasteiger partial charge in [0, 0.05) is 22.9 Å². The molecule has 0 spiro atoms. The third-order valence-electron chi connectivity index (χ3n) is 3.85. The van der Waals surface area contributed by atoms with Crippen molar-refractivity contribution < 1.29 is 14.5 Å². The first kappa shape index (κ1) is 18.3. The zero-order valence-electron chi connectivity index (χ0n) is 13.9. The van der Waals surface area contributed by atoms with Gasteiger partial charge in [-0.3, -0.25) is 19.7 Å². The first-order chi connectivity index (χ1) is 13.0. The van der Waals surface area contributed by atoms with Crippen LogP contribution < -0.4 is 5.32 Å². The number of nitrogens with one attached hydrogen (secondary N) is 1. The van der Waals surface area contributed by atoms with Gasteiger partial charge in [-0.2, -0.15) is 0 Å². The van der Waals surface area contributed by atoms with Gasteiger partial charge in [0.05, 0.1) is 10.5 Å². The molecule has 0 saturated heterocycles. The Bertz CT molecular complexity index is 1040. The summed E-state index contributed by atoms with van der Waals surface area (Å²) in [4.78, 5) is 35.9. The first-order valence-electron chi connectivity index (χ1n) is 7.91. The fourth-order valence-corrected chi connectivity index (χ4v) is 2.73. The Balaban J connectivity index is 1.96. The van der Waals surface area contributed by atoms with Crippen molar-refractivity contribution >= 4 is 34.7 Å². The number of nitro groups is 1. The van der Waals surface area contributed by atoms with Gasteiger partial charge in [-0.05, 0) is 30.3 Å². The Morgan fingerprint density at radius 1 is 0.889 bits per heavy atom. The molecule has 6 nitrogen and oxygen atoms in total. The fourth-order valence-electron chi connectivity index (χ4n) is 2.55. The molecule has 0 radical (unpaired) electrons. The molecule has 1 N–H and O–H groups in total. The van der Waals surface area contributed by atoms with Gasteiger partial charge in [0.25, 0.3) is 11.6 Å². The van der Waals surface area contributed by atoms with E-state index in [2.05, 4.69) is 5.32 Å². The van der Waals surface area contributed by atoms with E-state index in [-0.39, 0.29) is 27.4 Å². The quantitative estimate of drug-likeness (QED) is 0.393. The molecule has 27 heavy (non-hydrogen) atoms. The fraction of sp³-hybridized carbons (Fsp3) is 0. The van der Waals surface area contributed by atoms with Gasteiger partial charge in [0.15, 0.2) is 5.78 Å². The van der Waals surface area contributed by atoms with Crippen LogP contribution >= 0.6 is 11.6 Å². The van der Waals surface area contributed by atoms with Crippen LogP contribution in [0.3, 0.4) is 0 Å². The predicted octanol–water partition coefficient (Wildman–Crippen LogP) is 4.73. The number of nitrogens with zero attached hydrogens (tertiary/aromatic N) is 1. The van der Waals surface area contributed by atoms with Crippen LogP contribution in [0.15, 0.2) is 72.8 Å². The molecule has 0 fully saturated rings. The molecule has 0 heterocycles. The number of rotatable bonds is 5. The van der Waals surface area contributed by atoms with Crippen LogP contribution in [0, 0.1) is 10.1 Å². The SMILES string of the molecule is O=C(Nc1ccccc1)c1ccccc1C(=O)c1ccc(Cl)c([N+](=O)[O-])c1. The molecule has 0 aliphatic carbocycles. The van der Waals surface area contributed by atoms with Crippen LogP contribution in [0.4, 0.5) is 11.4 Å². The minimum absolute atomic E-state index is 0.0633. The van der Waals surface area contributed by atoms with Gasteiger partial charge < -0.3 is 5.32 Å². The molecular weight excluding hydrogens is 368 g/mol. The lowest BCUT2D eigenvalue weighted by molar-refractivity contribution is -0.384. The molecule has 3 aromatic carbocycles. The summed E-state index contributed by atoms with van der Waals surface area (Å²) < 4.78 is 0. The summed E-state index contributed by atoms with van der Waals surface area (Å²) in [5, 5.41) is 13.7. The second kappa shape index (κ2) is 7.80. The van der Waals surface area contributed by atoms with Crippen LogP contribution in [-0.2, 0) is 0 Å². The van der Waals surface area contributed by atoms with Crippen LogP contribution in [0.1, 0.15) is 26.3 Å². The smallest absolute Gasteiger partial charge is 0.288 e. The van der Waals surface area contributed by atoms with Crippen molar-refractivity contribution in [3.8, 4) is 0 Å². The average Bonchev–Trinajstić information content (AvgIpc) is 2.68. The second-order valence-electron chi connectivity index (χ2n) is 5.62. The maximum absolute atomic E-state index is 12.9. The van der Waals surface area contributed by atoms with E-state index in [9.17, 15) is 19.7 Å². The van der Waals surface area contributed by atoms with Crippen molar-refractivity contribution in [2.75, 3.05) is 5.32 Å². The van der Waals surface area contributed by atoms with Crippen LogP contribution in [-0.4, -0.2) is 16.6 Å². The number of hydrogen-bond donors (Lipinski definition) is 1. The number of ketones is 1. The lowest BCUT2D eigenvalue weighted by atomic mass is 9.97. The Morgan fingerprint density at radius 2 is 1.52 bits per heavy atom. The highest BCUT2D eigenvalue weighted by molar-refractivity contribution is 6.33. The van der Waals surface area contributed by atoms with Crippen molar-refractivity contribution in [2.45, 2.75) is 0 Å². The number of carbonyl (C=O) groups is 2. The maximum atomic E-state index is 12.9. The van der Waals surface area contributed by atoms with E-state index < -0.39 is 16.6 Å². The van der Waals surface area contributed by atoms with Gasteiger partial charge in [0.2, 0.25) is 0 Å². The summed E-state index contributed by atoms with van der Waals surface area (Å²) in [5.41, 5.74) is 0.609. The maximum Gasteiger partial charge on any atom is 0.288 e. The van der Waals surface area contributed by atoms with Gasteiger partial charge in [0.1, 0.15) is 5.02 Å². The number of amides is 1. The van der Waals surface area contributed by atoms with Crippen molar-refractivity contribution in [3.63, 3.8) is 0 Å². The third-order valence-corrected chi connectivity index (χ3v) is 4.17. The number of halogens is 1. The molecule has 0 bridgehead atoms. The van der Waals surface area contributed by atoms with E-state index in [1.807, 2.05) is 6.07 Å². The molecule has 0 aliphatic heterocycles. The van der Waals surface area contributed by atoms with Gasteiger partial charge in [-0.25, -0.2) is 0 Å². The highest BCUT2D eigenvalue weighted by atomic mass is 35.5. The van der Waals surface area contributed by atoms with Gasteiger partial charge >= 0.3 is 0 Å². The monoisotopic (exact) mass is 380 g/mol. The summed E-state index contributed by atoms with van der Waals surface area (Å²) in [7, 11) is 0. The highest BCUT2D eigenvalue weighted by Crippen LogP contribution is 2.27. The van der Waals surface area contributed by atoms with E-state index in [4.69, 9.17) is 11.6 Å². The van der Waals surface area contributed by atoms with Crippen molar-refractivity contribution in [3.05, 3.63) is 105 Å². The summed E-state index contributed by atoms with van der Waals surface area (Å²) >= 11 is 5.80. The average molecular weight is 381 g/mol. The van der Waals surface area contributed by atoms with Crippen molar-refractivity contribution in [1.29, 1.82) is 0 Å². The van der Waals surface area contributed by atoms with Crippen LogP contribution in [0.5, 0.6) is 0 Å². The Morgan fingerprint density at radius 3 is 2.19 bits per heavy atom. The van der Waals surface area contributed by atoms with E-state index in [1.54, 1.807) is 36.4 Å². The summed E-state index contributed by atoms with van der Waals surface area (Å²) in [6, 6.07) is 18.9. The molecular formula is C20H13ClN2O4. The number of hydrogen-bond acceptors (Lipinski definition) is 4. The molecule has 1 amide bonds. The van der Waals surface area contributed by atoms with E-state index in [0.717, 1.165) is 6.07 Å². The van der Waals surface area contributed by atoms with Crippen LogP contribution in [0.2, 0.25) is 5.02 Å². The van der Waals surface area contributed by atoms with Crippen molar-refractivity contribution in [2.24, 2.45) is 0 Å². The minimum atomic E-state index is -0.660. The van der Waals surface area contributed by atoms with Gasteiger partial charge in [-0.15, -0.1) is 0 Å². The summed E-state index contributed by atoms with van der Waals surface area (Å²) in [6.07, 6.45) is 0. The Hall–Kier alpha value is -3.51. The minimum Gasteiger partial charge on any atom is -0.322 e. The predicted molar refractivity (Wildman–Crippen MR) is 102 cm³/mol. The lowest BCUT2D eigenvalue weighted by Crippen LogP contribution is -2.17. The molecule has 3 rings (SSSR count). The zero-order chi connectivity index (χ0) is 19.4.